The Morgan fingerprint density at radius 1 is 1.47 bits per heavy atom. The lowest BCUT2D eigenvalue weighted by molar-refractivity contribution is -0.138. The maximum atomic E-state index is 12.6. The van der Waals surface area contributed by atoms with Crippen LogP contribution in [0.4, 0.5) is 19.0 Å². The van der Waals surface area contributed by atoms with Gasteiger partial charge in [0.25, 0.3) is 0 Å². The molecule has 0 radical (unpaired) electrons. The average molecular weight is 309 g/mol. The van der Waals surface area contributed by atoms with Gasteiger partial charge in [0.15, 0.2) is 0 Å². The predicted molar refractivity (Wildman–Crippen MR) is 62.8 cm³/mol. The molecule has 6 heteroatoms. The summed E-state index contributed by atoms with van der Waals surface area (Å²) >= 11 is 2.86. The predicted octanol–water partition coefficient (Wildman–Crippen LogP) is 4.07. The van der Waals surface area contributed by atoms with Crippen molar-refractivity contribution in [1.82, 2.24) is 4.98 Å². The van der Waals surface area contributed by atoms with E-state index in [2.05, 4.69) is 33.2 Å². The van der Waals surface area contributed by atoms with Crippen LogP contribution in [0.15, 0.2) is 16.7 Å². The average Bonchev–Trinajstić information content (AvgIpc) is 2.94. The summed E-state index contributed by atoms with van der Waals surface area (Å²) in [4.78, 5) is 3.93. The molecule has 1 N–H and O–H groups in total. The third-order valence-electron chi connectivity index (χ3n) is 2.96. The van der Waals surface area contributed by atoms with Crippen molar-refractivity contribution in [2.24, 2.45) is 5.41 Å². The van der Waals surface area contributed by atoms with Crippen LogP contribution in [0.25, 0.3) is 0 Å². The Labute approximate surface area is 106 Å². The van der Waals surface area contributed by atoms with Crippen molar-refractivity contribution >= 4 is 21.7 Å². The van der Waals surface area contributed by atoms with Gasteiger partial charge in [-0.1, -0.05) is 6.92 Å². The van der Waals surface area contributed by atoms with Crippen LogP contribution in [-0.2, 0) is 6.18 Å². The molecule has 1 aliphatic rings. The first kappa shape index (κ1) is 12.7. The number of pyridine rings is 1. The van der Waals surface area contributed by atoms with Crippen LogP contribution in [0.1, 0.15) is 25.3 Å². The Hall–Kier alpha value is -0.780. The Kier molecular flexibility index (Phi) is 3.10. The Morgan fingerprint density at radius 3 is 2.65 bits per heavy atom. The number of alkyl halides is 3. The molecule has 17 heavy (non-hydrogen) atoms. The molecule has 1 aromatic heterocycles. The highest BCUT2D eigenvalue weighted by atomic mass is 79.9. The molecule has 0 amide bonds. The first-order valence-electron chi connectivity index (χ1n) is 5.27. The monoisotopic (exact) mass is 308 g/mol. The third-order valence-corrected chi connectivity index (χ3v) is 3.59. The number of anilines is 1. The molecule has 2 rings (SSSR count). The fourth-order valence-electron chi connectivity index (χ4n) is 1.45. The summed E-state index contributed by atoms with van der Waals surface area (Å²) < 4.78 is 37.9. The van der Waals surface area contributed by atoms with Crippen LogP contribution < -0.4 is 5.32 Å². The van der Waals surface area contributed by atoms with E-state index in [1.165, 1.54) is 6.20 Å². The number of halogens is 4. The summed E-state index contributed by atoms with van der Waals surface area (Å²) in [6, 6.07) is 1.04. The lowest BCUT2D eigenvalue weighted by Crippen LogP contribution is -2.14. The van der Waals surface area contributed by atoms with E-state index >= 15 is 0 Å². The first-order chi connectivity index (χ1) is 7.80. The first-order valence-corrected chi connectivity index (χ1v) is 6.06. The molecular weight excluding hydrogens is 297 g/mol. The zero-order valence-corrected chi connectivity index (χ0v) is 10.8. The highest BCUT2D eigenvalue weighted by molar-refractivity contribution is 9.10. The van der Waals surface area contributed by atoms with E-state index in [1.54, 1.807) is 0 Å². The van der Waals surface area contributed by atoms with Gasteiger partial charge in [0, 0.05) is 17.2 Å². The van der Waals surface area contributed by atoms with Gasteiger partial charge in [-0.05, 0) is 40.3 Å². The van der Waals surface area contributed by atoms with E-state index in [0.29, 0.717) is 6.54 Å². The second kappa shape index (κ2) is 4.15. The summed E-state index contributed by atoms with van der Waals surface area (Å²) in [7, 11) is 0. The summed E-state index contributed by atoms with van der Waals surface area (Å²) in [5.74, 6) is 0.272. The van der Waals surface area contributed by atoms with Crippen molar-refractivity contribution in [2.75, 3.05) is 11.9 Å². The van der Waals surface area contributed by atoms with Crippen LogP contribution in [0.5, 0.6) is 0 Å². The second-order valence-corrected chi connectivity index (χ2v) is 5.57. The minimum absolute atomic E-state index is 0.0341. The standard InChI is InChI=1S/C11H12BrF3N2/c1-10(2-3-10)6-17-9-4-7(11(13,14)15)8(12)5-16-9/h4-5H,2-3,6H2,1H3,(H,16,17). The lowest BCUT2D eigenvalue weighted by atomic mass is 10.1. The molecule has 0 atom stereocenters. The largest absolute Gasteiger partial charge is 0.417 e. The van der Waals surface area contributed by atoms with Crippen LogP contribution in [0.2, 0.25) is 0 Å². The smallest absolute Gasteiger partial charge is 0.370 e. The van der Waals surface area contributed by atoms with Crippen LogP contribution in [0.3, 0.4) is 0 Å². The van der Waals surface area contributed by atoms with Crippen LogP contribution in [-0.4, -0.2) is 11.5 Å². The summed E-state index contributed by atoms with van der Waals surface area (Å²) in [5, 5.41) is 2.95. The number of rotatable bonds is 3. The van der Waals surface area contributed by atoms with Crippen LogP contribution in [0, 0.1) is 5.41 Å². The van der Waals surface area contributed by atoms with Gasteiger partial charge in [-0.25, -0.2) is 4.98 Å². The van der Waals surface area contributed by atoms with E-state index in [4.69, 9.17) is 0 Å². The molecule has 1 saturated carbocycles. The van der Waals surface area contributed by atoms with Crippen molar-refractivity contribution in [1.29, 1.82) is 0 Å². The maximum absolute atomic E-state index is 12.6. The fourth-order valence-corrected chi connectivity index (χ4v) is 1.89. The SMILES string of the molecule is CC1(CNc2cc(C(F)(F)F)c(Br)cn2)CC1. The molecule has 0 aliphatic heterocycles. The van der Waals surface area contributed by atoms with E-state index in [-0.39, 0.29) is 15.7 Å². The molecule has 94 valence electrons. The van der Waals surface area contributed by atoms with Gasteiger partial charge in [-0.2, -0.15) is 13.2 Å². The van der Waals surface area contributed by atoms with Crippen molar-refractivity contribution < 1.29 is 13.2 Å². The maximum Gasteiger partial charge on any atom is 0.417 e. The van der Waals surface area contributed by atoms with Gasteiger partial charge < -0.3 is 5.32 Å². The molecule has 2 nitrogen and oxygen atoms in total. The van der Waals surface area contributed by atoms with Crippen molar-refractivity contribution in [3.8, 4) is 0 Å². The van der Waals surface area contributed by atoms with E-state index in [9.17, 15) is 13.2 Å². The molecular formula is C11H12BrF3N2. The zero-order chi connectivity index (χ0) is 12.7. The van der Waals surface area contributed by atoms with Crippen molar-refractivity contribution in [3.63, 3.8) is 0 Å². The molecule has 1 aromatic rings. The summed E-state index contributed by atoms with van der Waals surface area (Å²) in [6.45, 7) is 2.77. The number of nitrogens with zero attached hydrogens (tertiary/aromatic N) is 1. The van der Waals surface area contributed by atoms with Gasteiger partial charge in [0.1, 0.15) is 5.82 Å². The van der Waals surface area contributed by atoms with Gasteiger partial charge in [-0.15, -0.1) is 0 Å². The molecule has 1 heterocycles. The fraction of sp³-hybridized carbons (Fsp3) is 0.545. The Bertz CT molecular complexity index is 427. The van der Waals surface area contributed by atoms with E-state index < -0.39 is 11.7 Å². The van der Waals surface area contributed by atoms with Gasteiger partial charge in [0.05, 0.1) is 5.56 Å². The van der Waals surface area contributed by atoms with Gasteiger partial charge in [-0.3, -0.25) is 0 Å². The van der Waals surface area contributed by atoms with Gasteiger partial charge in [0.2, 0.25) is 0 Å². The molecule has 0 aromatic carbocycles. The minimum atomic E-state index is -4.36. The zero-order valence-electron chi connectivity index (χ0n) is 9.24. The highest BCUT2D eigenvalue weighted by Gasteiger charge is 2.37. The normalized spacial score (nSPS) is 17.9. The van der Waals surface area contributed by atoms with Gasteiger partial charge >= 0.3 is 6.18 Å². The topological polar surface area (TPSA) is 24.9 Å². The van der Waals surface area contributed by atoms with E-state index in [0.717, 1.165) is 18.9 Å². The van der Waals surface area contributed by atoms with Crippen molar-refractivity contribution in [2.45, 2.75) is 25.9 Å². The van der Waals surface area contributed by atoms with Crippen molar-refractivity contribution in [3.05, 3.63) is 22.3 Å². The molecule has 1 aliphatic carbocycles. The second-order valence-electron chi connectivity index (χ2n) is 4.71. The molecule has 0 spiro atoms. The molecule has 0 bridgehead atoms. The van der Waals surface area contributed by atoms with E-state index in [1.807, 2.05) is 0 Å². The third kappa shape index (κ3) is 3.12. The number of nitrogens with one attached hydrogen (secondary N) is 1. The lowest BCUT2D eigenvalue weighted by Gasteiger charge is -2.13. The highest BCUT2D eigenvalue weighted by Crippen LogP contribution is 2.44. The summed E-state index contributed by atoms with van der Waals surface area (Å²) in [5.41, 5.74) is -0.469. The molecule has 0 unspecified atom stereocenters. The number of hydrogen-bond donors (Lipinski definition) is 1. The number of hydrogen-bond acceptors (Lipinski definition) is 2. The van der Waals surface area contributed by atoms with Crippen LogP contribution >= 0.6 is 15.9 Å². The molecule has 1 fully saturated rings. The Morgan fingerprint density at radius 2 is 2.12 bits per heavy atom. The number of aromatic nitrogens is 1. The quantitative estimate of drug-likeness (QED) is 0.910. The minimum Gasteiger partial charge on any atom is -0.370 e. The molecule has 0 saturated heterocycles. The summed E-state index contributed by atoms with van der Waals surface area (Å²) in [6.07, 6.45) is -0.951. The Balaban J connectivity index is 2.13.